The highest BCUT2D eigenvalue weighted by Gasteiger charge is 2.13. The van der Waals surface area contributed by atoms with Crippen molar-refractivity contribution in [2.75, 3.05) is 5.32 Å². The first-order valence-corrected chi connectivity index (χ1v) is 3.75. The molecule has 0 aliphatic carbocycles. The monoisotopic (exact) mass is 167 g/mol. The van der Waals surface area contributed by atoms with E-state index >= 15 is 0 Å². The fraction of sp³-hybridized carbons (Fsp3) is 0.500. The average Bonchev–Trinajstić information content (AvgIpc) is 2.32. The Morgan fingerprint density at radius 1 is 1.42 bits per heavy atom. The molecule has 4 heteroatoms. The zero-order chi connectivity index (χ0) is 9.19. The van der Waals surface area contributed by atoms with E-state index in [0.29, 0.717) is 11.9 Å². The second-order valence-corrected chi connectivity index (χ2v) is 3.52. The van der Waals surface area contributed by atoms with Crippen LogP contribution in [0.4, 0.5) is 6.01 Å². The molecule has 1 heterocycles. The summed E-state index contributed by atoms with van der Waals surface area (Å²) < 4.78 is 5.16. The molecule has 0 saturated heterocycles. The van der Waals surface area contributed by atoms with Gasteiger partial charge in [-0.2, -0.15) is 0 Å². The minimum Gasteiger partial charge on any atom is -0.404 e. The number of nitrogens with zero attached hydrogens (tertiary/aromatic N) is 2. The molecule has 4 nitrogen and oxygen atoms in total. The largest absolute Gasteiger partial charge is 0.404 e. The van der Waals surface area contributed by atoms with Crippen LogP contribution in [-0.4, -0.2) is 15.7 Å². The Kier molecular flexibility index (Phi) is 2.17. The molecule has 12 heavy (non-hydrogen) atoms. The molecule has 66 valence electrons. The highest BCUT2D eigenvalue weighted by Crippen LogP contribution is 2.12. The fourth-order valence-electron chi connectivity index (χ4n) is 0.688. The molecule has 0 radical (unpaired) electrons. The van der Waals surface area contributed by atoms with Crippen molar-refractivity contribution in [2.45, 2.75) is 26.3 Å². The summed E-state index contributed by atoms with van der Waals surface area (Å²) in [5, 5.41) is 10.5. The molecular weight excluding hydrogens is 154 g/mol. The molecule has 0 aliphatic heterocycles. The van der Waals surface area contributed by atoms with Crippen molar-refractivity contribution < 1.29 is 4.42 Å². The lowest BCUT2D eigenvalue weighted by atomic mass is 10.1. The molecule has 0 atom stereocenters. The molecule has 1 rings (SSSR count). The number of aromatic nitrogens is 2. The highest BCUT2D eigenvalue weighted by molar-refractivity contribution is 5.35. The molecule has 1 N–H and O–H groups in total. The van der Waals surface area contributed by atoms with Gasteiger partial charge in [0.05, 0.1) is 0 Å². The van der Waals surface area contributed by atoms with Gasteiger partial charge in [-0.1, -0.05) is 11.7 Å². The van der Waals surface area contributed by atoms with Crippen LogP contribution in [0.15, 0.2) is 11.0 Å². The zero-order valence-corrected chi connectivity index (χ0v) is 7.59. The second-order valence-electron chi connectivity index (χ2n) is 3.52. The lowest BCUT2D eigenvalue weighted by molar-refractivity contribution is 0.522. The number of rotatable bonds is 2. The minimum absolute atomic E-state index is 0.0645. The predicted molar refractivity (Wildman–Crippen MR) is 47.8 cm³/mol. The number of nitrogens with one attached hydrogen (secondary N) is 1. The van der Waals surface area contributed by atoms with Crippen LogP contribution >= 0.6 is 0 Å². The molecule has 0 aromatic carbocycles. The van der Waals surface area contributed by atoms with Crippen molar-refractivity contribution in [1.82, 2.24) is 10.2 Å². The van der Waals surface area contributed by atoms with Crippen LogP contribution in [0.2, 0.25) is 0 Å². The normalized spacial score (nSPS) is 11.2. The molecule has 0 saturated carbocycles. The van der Waals surface area contributed by atoms with Crippen molar-refractivity contribution in [3.05, 3.63) is 12.5 Å². The van der Waals surface area contributed by atoms with E-state index < -0.39 is 0 Å². The van der Waals surface area contributed by atoms with Gasteiger partial charge < -0.3 is 9.73 Å². The lowest BCUT2D eigenvalue weighted by Gasteiger charge is -2.17. The molecular formula is C8H13N3O. The van der Waals surface area contributed by atoms with Crippen molar-refractivity contribution in [2.24, 2.45) is 0 Å². The maximum atomic E-state index is 5.16. The molecule has 0 aliphatic rings. The van der Waals surface area contributed by atoms with Gasteiger partial charge >= 0.3 is 6.01 Å². The second kappa shape index (κ2) is 2.97. The van der Waals surface area contributed by atoms with E-state index in [1.54, 1.807) is 0 Å². The van der Waals surface area contributed by atoms with E-state index in [9.17, 15) is 0 Å². The first-order valence-electron chi connectivity index (χ1n) is 3.75. The Balaban J connectivity index is 2.70. The zero-order valence-electron chi connectivity index (χ0n) is 7.59. The molecule has 0 fully saturated rings. The molecule has 1 aromatic heterocycles. The summed E-state index contributed by atoms with van der Waals surface area (Å²) in [5.41, 5.74) is -0.0645. The minimum atomic E-state index is -0.0645. The summed E-state index contributed by atoms with van der Waals surface area (Å²) in [6.45, 7) is 9.57. The van der Waals surface area contributed by atoms with Crippen molar-refractivity contribution in [3.63, 3.8) is 0 Å². The summed E-state index contributed by atoms with van der Waals surface area (Å²) in [7, 11) is 0. The summed E-state index contributed by atoms with van der Waals surface area (Å²) in [6, 6.07) is 0.428. The summed E-state index contributed by atoms with van der Waals surface area (Å²) in [6.07, 6.45) is 1.51. The van der Waals surface area contributed by atoms with Crippen LogP contribution in [0, 0.1) is 0 Å². The summed E-state index contributed by atoms with van der Waals surface area (Å²) in [5.74, 6) is 0.432. The summed E-state index contributed by atoms with van der Waals surface area (Å²) >= 11 is 0. The molecule has 0 amide bonds. The molecule has 0 unspecified atom stereocenters. The van der Waals surface area contributed by atoms with Gasteiger partial charge in [0.2, 0.25) is 5.89 Å². The molecule has 1 aromatic rings. The Morgan fingerprint density at radius 2 is 2.08 bits per heavy atom. The van der Waals surface area contributed by atoms with Crippen molar-refractivity contribution >= 4 is 12.1 Å². The maximum Gasteiger partial charge on any atom is 0.316 e. The van der Waals surface area contributed by atoms with Crippen molar-refractivity contribution in [1.29, 1.82) is 0 Å². The third-order valence-electron chi connectivity index (χ3n) is 1.10. The smallest absolute Gasteiger partial charge is 0.316 e. The van der Waals surface area contributed by atoms with E-state index in [1.807, 2.05) is 20.8 Å². The Labute approximate surface area is 71.7 Å². The molecule has 0 spiro atoms. The van der Waals surface area contributed by atoms with Gasteiger partial charge in [-0.15, -0.1) is 5.10 Å². The third kappa shape index (κ3) is 2.38. The van der Waals surface area contributed by atoms with Gasteiger partial charge in [0, 0.05) is 5.54 Å². The van der Waals surface area contributed by atoms with E-state index in [1.165, 1.54) is 6.08 Å². The van der Waals surface area contributed by atoms with Gasteiger partial charge in [0.15, 0.2) is 0 Å². The Bertz CT molecular complexity index is 272. The SMILES string of the molecule is C=Cc1nnc(NC(C)(C)C)o1. The predicted octanol–water partition coefficient (Wildman–Crippen LogP) is 1.92. The summed E-state index contributed by atoms with van der Waals surface area (Å²) in [4.78, 5) is 0. The number of hydrogen-bond acceptors (Lipinski definition) is 4. The van der Waals surface area contributed by atoms with E-state index in [-0.39, 0.29) is 5.54 Å². The fourth-order valence-corrected chi connectivity index (χ4v) is 0.688. The average molecular weight is 167 g/mol. The Hall–Kier alpha value is -1.32. The van der Waals surface area contributed by atoms with Crippen LogP contribution in [-0.2, 0) is 0 Å². The van der Waals surface area contributed by atoms with Crippen LogP contribution in [0.1, 0.15) is 26.7 Å². The quantitative estimate of drug-likeness (QED) is 0.731. The van der Waals surface area contributed by atoms with Gasteiger partial charge in [-0.3, -0.25) is 0 Å². The first-order chi connectivity index (χ1) is 5.51. The van der Waals surface area contributed by atoms with E-state index in [0.717, 1.165) is 0 Å². The lowest BCUT2D eigenvalue weighted by Crippen LogP contribution is -2.26. The van der Waals surface area contributed by atoms with E-state index in [2.05, 4.69) is 22.1 Å². The van der Waals surface area contributed by atoms with Crippen LogP contribution in [0.25, 0.3) is 6.08 Å². The number of anilines is 1. The highest BCUT2D eigenvalue weighted by atomic mass is 16.4. The topological polar surface area (TPSA) is 51.0 Å². The van der Waals surface area contributed by atoms with Crippen LogP contribution in [0.3, 0.4) is 0 Å². The standard InChI is InChI=1S/C8H13N3O/c1-5-6-10-11-7(12-6)9-8(2,3)4/h5H,1H2,2-4H3,(H,9,11). The van der Waals surface area contributed by atoms with Crippen LogP contribution in [0.5, 0.6) is 0 Å². The third-order valence-corrected chi connectivity index (χ3v) is 1.10. The number of hydrogen-bond donors (Lipinski definition) is 1. The van der Waals surface area contributed by atoms with Gasteiger partial charge in [0.25, 0.3) is 0 Å². The van der Waals surface area contributed by atoms with Crippen LogP contribution < -0.4 is 5.32 Å². The van der Waals surface area contributed by atoms with Gasteiger partial charge in [-0.25, -0.2) is 0 Å². The Morgan fingerprint density at radius 3 is 2.50 bits per heavy atom. The van der Waals surface area contributed by atoms with E-state index in [4.69, 9.17) is 4.42 Å². The van der Waals surface area contributed by atoms with Crippen molar-refractivity contribution in [3.8, 4) is 0 Å². The molecule has 0 bridgehead atoms. The first kappa shape index (κ1) is 8.77. The maximum absolute atomic E-state index is 5.16. The van der Waals surface area contributed by atoms with Gasteiger partial charge in [0.1, 0.15) is 0 Å². The van der Waals surface area contributed by atoms with Gasteiger partial charge in [-0.05, 0) is 26.8 Å².